The van der Waals surface area contributed by atoms with E-state index in [4.69, 9.17) is 9.47 Å². The number of amides is 1. The lowest BCUT2D eigenvalue weighted by Crippen LogP contribution is -2.17. The SMILES string of the molecule is CCOc1cc(CNc2ccc(NC(=O)C(C)C)cc2)ccc1OC. The van der Waals surface area contributed by atoms with Gasteiger partial charge in [-0.3, -0.25) is 4.79 Å². The fraction of sp³-hybridized carbons (Fsp3) is 0.350. The zero-order chi connectivity index (χ0) is 18.2. The minimum Gasteiger partial charge on any atom is -0.493 e. The van der Waals surface area contributed by atoms with E-state index in [0.717, 1.165) is 28.4 Å². The Morgan fingerprint density at radius 3 is 2.32 bits per heavy atom. The molecule has 0 aliphatic rings. The second-order valence-electron chi connectivity index (χ2n) is 5.99. The van der Waals surface area contributed by atoms with Gasteiger partial charge < -0.3 is 20.1 Å². The van der Waals surface area contributed by atoms with Gasteiger partial charge in [0.2, 0.25) is 5.91 Å². The Morgan fingerprint density at radius 2 is 1.72 bits per heavy atom. The van der Waals surface area contributed by atoms with Gasteiger partial charge in [-0.1, -0.05) is 19.9 Å². The second-order valence-corrected chi connectivity index (χ2v) is 5.99. The van der Waals surface area contributed by atoms with Crippen LogP contribution in [-0.2, 0) is 11.3 Å². The van der Waals surface area contributed by atoms with Crippen LogP contribution in [0.3, 0.4) is 0 Å². The van der Waals surface area contributed by atoms with Crippen LogP contribution in [0.4, 0.5) is 11.4 Å². The van der Waals surface area contributed by atoms with E-state index in [2.05, 4.69) is 10.6 Å². The molecule has 0 aliphatic heterocycles. The predicted octanol–water partition coefficient (Wildman–Crippen LogP) is 4.30. The molecule has 0 atom stereocenters. The van der Waals surface area contributed by atoms with Crippen LogP contribution in [-0.4, -0.2) is 19.6 Å². The molecule has 2 rings (SSSR count). The monoisotopic (exact) mass is 342 g/mol. The molecule has 0 saturated heterocycles. The van der Waals surface area contributed by atoms with Crippen LogP contribution in [0.15, 0.2) is 42.5 Å². The molecule has 0 bridgehead atoms. The summed E-state index contributed by atoms with van der Waals surface area (Å²) in [6.07, 6.45) is 0. The van der Waals surface area contributed by atoms with E-state index >= 15 is 0 Å². The van der Waals surface area contributed by atoms with Crippen molar-refractivity contribution in [2.45, 2.75) is 27.3 Å². The third-order valence-electron chi connectivity index (χ3n) is 3.70. The highest BCUT2D eigenvalue weighted by atomic mass is 16.5. The summed E-state index contributed by atoms with van der Waals surface area (Å²) in [5.74, 6) is 1.46. The number of anilines is 2. The molecule has 2 aromatic carbocycles. The first kappa shape index (κ1) is 18.6. The Morgan fingerprint density at radius 1 is 1.04 bits per heavy atom. The number of carbonyl (C=O) groups excluding carboxylic acids is 1. The zero-order valence-corrected chi connectivity index (χ0v) is 15.3. The molecule has 2 aromatic rings. The zero-order valence-electron chi connectivity index (χ0n) is 15.3. The third kappa shape index (κ3) is 5.41. The van der Waals surface area contributed by atoms with Gasteiger partial charge in [-0.25, -0.2) is 0 Å². The van der Waals surface area contributed by atoms with Crippen molar-refractivity contribution < 1.29 is 14.3 Å². The maximum absolute atomic E-state index is 11.7. The van der Waals surface area contributed by atoms with E-state index in [1.165, 1.54) is 0 Å². The summed E-state index contributed by atoms with van der Waals surface area (Å²) in [6, 6.07) is 13.6. The molecule has 5 heteroatoms. The summed E-state index contributed by atoms with van der Waals surface area (Å²) in [6.45, 7) is 6.95. The number of carbonyl (C=O) groups is 1. The van der Waals surface area contributed by atoms with E-state index in [9.17, 15) is 4.79 Å². The predicted molar refractivity (Wildman–Crippen MR) is 101 cm³/mol. The normalized spacial score (nSPS) is 10.4. The summed E-state index contributed by atoms with van der Waals surface area (Å²) < 4.78 is 10.9. The van der Waals surface area contributed by atoms with E-state index in [1.807, 2.05) is 63.2 Å². The van der Waals surface area contributed by atoms with Crippen molar-refractivity contribution in [1.82, 2.24) is 0 Å². The van der Waals surface area contributed by atoms with Gasteiger partial charge in [0.15, 0.2) is 11.5 Å². The molecule has 25 heavy (non-hydrogen) atoms. The van der Waals surface area contributed by atoms with Crippen molar-refractivity contribution in [2.75, 3.05) is 24.4 Å². The van der Waals surface area contributed by atoms with E-state index < -0.39 is 0 Å². The molecular formula is C20H26N2O3. The van der Waals surface area contributed by atoms with Gasteiger partial charge in [0, 0.05) is 23.8 Å². The number of nitrogens with one attached hydrogen (secondary N) is 2. The maximum atomic E-state index is 11.7. The van der Waals surface area contributed by atoms with Crippen LogP contribution in [0.2, 0.25) is 0 Å². The molecular weight excluding hydrogens is 316 g/mol. The number of hydrogen-bond acceptors (Lipinski definition) is 4. The number of ether oxygens (including phenoxy) is 2. The first-order chi connectivity index (χ1) is 12.0. The van der Waals surface area contributed by atoms with Crippen LogP contribution >= 0.6 is 0 Å². The van der Waals surface area contributed by atoms with E-state index in [0.29, 0.717) is 13.2 Å². The molecule has 2 N–H and O–H groups in total. The van der Waals surface area contributed by atoms with Gasteiger partial charge >= 0.3 is 0 Å². The summed E-state index contributed by atoms with van der Waals surface area (Å²) in [5.41, 5.74) is 2.88. The second kappa shape index (κ2) is 8.97. The standard InChI is InChI=1S/C20H26N2O3/c1-5-25-19-12-15(6-11-18(19)24-4)13-21-16-7-9-17(10-8-16)22-20(23)14(2)3/h6-12,14,21H,5,13H2,1-4H3,(H,22,23). The highest BCUT2D eigenvalue weighted by molar-refractivity contribution is 5.92. The first-order valence-electron chi connectivity index (χ1n) is 8.48. The topological polar surface area (TPSA) is 59.6 Å². The molecule has 0 heterocycles. The quantitative estimate of drug-likeness (QED) is 0.751. The Hall–Kier alpha value is -2.69. The van der Waals surface area contributed by atoms with Crippen molar-refractivity contribution in [3.05, 3.63) is 48.0 Å². The van der Waals surface area contributed by atoms with Gasteiger partial charge in [-0.15, -0.1) is 0 Å². The molecule has 1 amide bonds. The van der Waals surface area contributed by atoms with Gasteiger partial charge in [0.05, 0.1) is 13.7 Å². The molecule has 0 fully saturated rings. The van der Waals surface area contributed by atoms with E-state index in [-0.39, 0.29) is 11.8 Å². The van der Waals surface area contributed by atoms with Crippen molar-refractivity contribution in [3.63, 3.8) is 0 Å². The smallest absolute Gasteiger partial charge is 0.226 e. The molecule has 5 nitrogen and oxygen atoms in total. The molecule has 0 saturated carbocycles. The maximum Gasteiger partial charge on any atom is 0.226 e. The lowest BCUT2D eigenvalue weighted by Gasteiger charge is -2.13. The molecule has 134 valence electrons. The molecule has 0 aromatic heterocycles. The number of benzene rings is 2. The van der Waals surface area contributed by atoms with E-state index in [1.54, 1.807) is 7.11 Å². The van der Waals surface area contributed by atoms with Crippen LogP contribution in [0, 0.1) is 5.92 Å². The Bertz CT molecular complexity index is 697. The lowest BCUT2D eigenvalue weighted by atomic mass is 10.2. The molecule has 0 unspecified atom stereocenters. The van der Waals surface area contributed by atoms with Gasteiger partial charge in [0.1, 0.15) is 0 Å². The number of methoxy groups -OCH3 is 1. The van der Waals surface area contributed by atoms with Gasteiger partial charge in [-0.2, -0.15) is 0 Å². The minimum atomic E-state index is -0.0348. The van der Waals surface area contributed by atoms with Crippen molar-refractivity contribution in [2.24, 2.45) is 5.92 Å². The lowest BCUT2D eigenvalue weighted by molar-refractivity contribution is -0.118. The average molecular weight is 342 g/mol. The largest absolute Gasteiger partial charge is 0.493 e. The molecule has 0 radical (unpaired) electrons. The summed E-state index contributed by atoms with van der Waals surface area (Å²) in [4.78, 5) is 11.7. The average Bonchev–Trinajstić information content (AvgIpc) is 2.61. The Balaban J connectivity index is 1.97. The highest BCUT2D eigenvalue weighted by Gasteiger charge is 2.07. The Labute approximate surface area is 149 Å². The fourth-order valence-electron chi connectivity index (χ4n) is 2.26. The number of hydrogen-bond donors (Lipinski definition) is 2. The summed E-state index contributed by atoms with van der Waals surface area (Å²) in [7, 11) is 1.63. The summed E-state index contributed by atoms with van der Waals surface area (Å²) >= 11 is 0. The van der Waals surface area contributed by atoms with Crippen LogP contribution in [0.1, 0.15) is 26.3 Å². The van der Waals surface area contributed by atoms with Crippen molar-refractivity contribution in [1.29, 1.82) is 0 Å². The van der Waals surface area contributed by atoms with Gasteiger partial charge in [0.25, 0.3) is 0 Å². The van der Waals surface area contributed by atoms with Crippen molar-refractivity contribution in [3.8, 4) is 11.5 Å². The number of rotatable bonds is 8. The molecule has 0 aliphatic carbocycles. The van der Waals surface area contributed by atoms with Gasteiger partial charge in [-0.05, 0) is 48.9 Å². The van der Waals surface area contributed by atoms with Crippen molar-refractivity contribution >= 4 is 17.3 Å². The summed E-state index contributed by atoms with van der Waals surface area (Å²) in [5, 5.41) is 6.24. The van der Waals surface area contributed by atoms with Crippen LogP contribution in [0.25, 0.3) is 0 Å². The fourth-order valence-corrected chi connectivity index (χ4v) is 2.26. The highest BCUT2D eigenvalue weighted by Crippen LogP contribution is 2.28. The Kier molecular flexibility index (Phi) is 6.69. The van der Waals surface area contributed by atoms with Crippen LogP contribution in [0.5, 0.6) is 11.5 Å². The van der Waals surface area contributed by atoms with Crippen LogP contribution < -0.4 is 20.1 Å². The first-order valence-corrected chi connectivity index (χ1v) is 8.48. The molecule has 0 spiro atoms. The third-order valence-corrected chi connectivity index (χ3v) is 3.70. The minimum absolute atomic E-state index is 0.0161.